The predicted octanol–water partition coefficient (Wildman–Crippen LogP) is 5.74. The van der Waals surface area contributed by atoms with Gasteiger partial charge in [0.15, 0.2) is 11.5 Å². The number of carbonyl (C=O) groups is 1. The van der Waals surface area contributed by atoms with Crippen molar-refractivity contribution in [1.29, 1.82) is 0 Å². The smallest absolute Gasteiger partial charge is 0.240 e. The molecule has 4 aromatic carbocycles. The summed E-state index contributed by atoms with van der Waals surface area (Å²) in [5.74, 6) is 1.81. The molecule has 0 saturated heterocycles. The molecule has 0 radical (unpaired) electrons. The van der Waals surface area contributed by atoms with Gasteiger partial charge in [-0.25, -0.2) is 13.1 Å². The molecule has 0 spiro atoms. The first kappa shape index (κ1) is 29.5. The zero-order chi connectivity index (χ0) is 30.7. The summed E-state index contributed by atoms with van der Waals surface area (Å²) in [5, 5.41) is 10.3. The van der Waals surface area contributed by atoms with E-state index in [0.29, 0.717) is 28.6 Å². The molecule has 0 saturated carbocycles. The lowest BCUT2D eigenvalue weighted by Gasteiger charge is -2.24. The highest BCUT2D eigenvalue weighted by Crippen LogP contribution is 2.40. The van der Waals surface area contributed by atoms with E-state index >= 15 is 0 Å². The molecule has 6 rings (SSSR count). The number of hydrogen-bond donors (Lipinski definition) is 2. The Hall–Kier alpha value is -4.58. The molecule has 1 unspecified atom stereocenters. The number of halogens is 1. The van der Waals surface area contributed by atoms with Gasteiger partial charge in [-0.3, -0.25) is 9.80 Å². The first-order valence-electron chi connectivity index (χ1n) is 13.8. The van der Waals surface area contributed by atoms with Crippen LogP contribution in [0.4, 0.5) is 11.4 Å². The van der Waals surface area contributed by atoms with Crippen molar-refractivity contribution in [3.05, 3.63) is 107 Å². The number of fused-ring (bicyclic) bond motifs is 1. The molecule has 12 heteroatoms. The van der Waals surface area contributed by atoms with Crippen LogP contribution in [0.1, 0.15) is 30.0 Å². The van der Waals surface area contributed by atoms with Crippen LogP contribution in [0, 0.1) is 0 Å². The fourth-order valence-corrected chi connectivity index (χ4v) is 6.19. The summed E-state index contributed by atoms with van der Waals surface area (Å²) >= 11 is 5.85. The minimum absolute atomic E-state index is 0.0458. The number of methoxy groups -OCH3 is 1. The summed E-state index contributed by atoms with van der Waals surface area (Å²) in [6.07, 6.45) is 0.561. The summed E-state index contributed by atoms with van der Waals surface area (Å²) in [7, 11) is -2.14. The van der Waals surface area contributed by atoms with Gasteiger partial charge in [0.05, 0.1) is 29.4 Å². The number of amides is 1. The number of sulfonamides is 1. The van der Waals surface area contributed by atoms with E-state index in [9.17, 15) is 13.2 Å². The Labute approximate surface area is 260 Å². The molecule has 1 atom stereocenters. The van der Waals surface area contributed by atoms with Crippen LogP contribution >= 0.6 is 11.6 Å². The highest BCUT2D eigenvalue weighted by Gasteiger charge is 2.31. The second kappa shape index (κ2) is 12.6. The van der Waals surface area contributed by atoms with Crippen molar-refractivity contribution in [2.75, 3.05) is 30.8 Å². The molecule has 2 aliphatic heterocycles. The highest BCUT2D eigenvalue weighted by atomic mass is 35.5. The fourth-order valence-electron chi connectivity index (χ4n) is 5.04. The number of anilines is 2. The average Bonchev–Trinajstić information content (AvgIpc) is 3.69. The quantitative estimate of drug-likeness (QED) is 0.229. The van der Waals surface area contributed by atoms with E-state index < -0.39 is 10.0 Å². The molecule has 2 N–H and O–H groups in total. The number of nitrogens with zero attached hydrogens (tertiary/aromatic N) is 2. The minimum atomic E-state index is -3.76. The van der Waals surface area contributed by atoms with Crippen LogP contribution in [0.15, 0.2) is 101 Å². The van der Waals surface area contributed by atoms with E-state index in [0.717, 1.165) is 28.3 Å². The minimum Gasteiger partial charge on any atom is -0.497 e. The molecule has 2 heterocycles. The lowest BCUT2D eigenvalue weighted by molar-refractivity contribution is -0.116. The Kier molecular flexibility index (Phi) is 8.42. The molecular weight excluding hydrogens is 604 g/mol. The summed E-state index contributed by atoms with van der Waals surface area (Å²) in [6.45, 7) is 0.135. The third-order valence-electron chi connectivity index (χ3n) is 7.28. The maximum absolute atomic E-state index is 12.8. The standard InChI is InChI=1S/C32H29ClN4O6S/c1-41-26-10-8-25(9-11-26)37-29(19-28(36-37)21-5-14-30-31(18-21)43-20-42-30)22-3-2-4-24(17-22)35-32(38)15-16-34-44(39,40)27-12-6-23(33)7-13-27/h2-14,17-18,29,34H,15-16,19-20H2,1H3,(H,35,38). The van der Waals surface area contributed by atoms with Gasteiger partial charge in [0.1, 0.15) is 5.75 Å². The summed E-state index contributed by atoms with van der Waals surface area (Å²) < 4.78 is 43.9. The Morgan fingerprint density at radius 1 is 1.00 bits per heavy atom. The van der Waals surface area contributed by atoms with Gasteiger partial charge in [-0.1, -0.05) is 23.7 Å². The summed E-state index contributed by atoms with van der Waals surface area (Å²) in [5.41, 5.74) is 4.24. The van der Waals surface area contributed by atoms with Crippen LogP contribution in [-0.4, -0.2) is 40.5 Å². The normalized spacial score (nSPS) is 15.6. The monoisotopic (exact) mass is 632 g/mol. The molecule has 0 aromatic heterocycles. The highest BCUT2D eigenvalue weighted by molar-refractivity contribution is 7.89. The maximum Gasteiger partial charge on any atom is 0.240 e. The summed E-state index contributed by atoms with van der Waals surface area (Å²) in [6, 6.07) is 26.7. The van der Waals surface area contributed by atoms with E-state index in [1.165, 1.54) is 24.3 Å². The third-order valence-corrected chi connectivity index (χ3v) is 9.01. The molecule has 0 fully saturated rings. The van der Waals surface area contributed by atoms with Crippen LogP contribution < -0.4 is 29.3 Å². The van der Waals surface area contributed by atoms with Crippen molar-refractivity contribution in [2.45, 2.75) is 23.8 Å². The SMILES string of the molecule is COc1ccc(N2N=C(c3ccc4c(c3)OCO4)CC2c2cccc(NC(=O)CCNS(=O)(=O)c3ccc(Cl)cc3)c2)cc1. The Bertz CT molecular complexity index is 1810. The van der Waals surface area contributed by atoms with Crippen LogP contribution in [0.5, 0.6) is 17.2 Å². The lowest BCUT2D eigenvalue weighted by atomic mass is 9.97. The van der Waals surface area contributed by atoms with Crippen molar-refractivity contribution >= 4 is 44.6 Å². The van der Waals surface area contributed by atoms with Crippen molar-refractivity contribution in [1.82, 2.24) is 4.72 Å². The van der Waals surface area contributed by atoms with E-state index in [1.54, 1.807) is 13.2 Å². The van der Waals surface area contributed by atoms with Gasteiger partial charge in [-0.05, 0) is 84.4 Å². The first-order chi connectivity index (χ1) is 21.3. The summed E-state index contributed by atoms with van der Waals surface area (Å²) in [4.78, 5) is 12.8. The van der Waals surface area contributed by atoms with Crippen molar-refractivity contribution in [3.63, 3.8) is 0 Å². The molecule has 1 amide bonds. The number of nitrogens with one attached hydrogen (secondary N) is 2. The lowest BCUT2D eigenvalue weighted by Crippen LogP contribution is -2.27. The molecular formula is C32H29ClN4O6S. The van der Waals surface area contributed by atoms with Crippen molar-refractivity contribution in [3.8, 4) is 17.2 Å². The average molecular weight is 633 g/mol. The van der Waals surface area contributed by atoms with Crippen LogP contribution in [0.25, 0.3) is 0 Å². The first-order valence-corrected chi connectivity index (χ1v) is 15.7. The topological polar surface area (TPSA) is 119 Å². The molecule has 4 aromatic rings. The van der Waals surface area contributed by atoms with Gasteiger partial charge in [0.25, 0.3) is 0 Å². The molecule has 2 aliphatic rings. The fraction of sp³-hybridized carbons (Fsp3) is 0.188. The second-order valence-electron chi connectivity index (χ2n) is 10.2. The number of hydrogen-bond acceptors (Lipinski definition) is 8. The van der Waals surface area contributed by atoms with Crippen molar-refractivity contribution < 1.29 is 27.4 Å². The Morgan fingerprint density at radius 3 is 2.55 bits per heavy atom. The van der Waals surface area contributed by atoms with Gasteiger partial charge in [0, 0.05) is 35.7 Å². The Morgan fingerprint density at radius 2 is 1.77 bits per heavy atom. The van der Waals surface area contributed by atoms with Gasteiger partial charge in [0.2, 0.25) is 22.7 Å². The van der Waals surface area contributed by atoms with Gasteiger partial charge >= 0.3 is 0 Å². The number of benzene rings is 4. The largest absolute Gasteiger partial charge is 0.497 e. The predicted molar refractivity (Wildman–Crippen MR) is 168 cm³/mol. The van der Waals surface area contributed by atoms with E-state index in [1.807, 2.05) is 65.7 Å². The zero-order valence-electron chi connectivity index (χ0n) is 23.7. The number of carbonyl (C=O) groups excluding carboxylic acids is 1. The van der Waals surface area contributed by atoms with Gasteiger partial charge < -0.3 is 19.5 Å². The van der Waals surface area contributed by atoms with E-state index in [2.05, 4.69) is 10.0 Å². The van der Waals surface area contributed by atoms with Crippen LogP contribution in [0.2, 0.25) is 5.02 Å². The molecule has 0 bridgehead atoms. The zero-order valence-corrected chi connectivity index (χ0v) is 25.3. The Balaban J connectivity index is 1.17. The van der Waals surface area contributed by atoms with Crippen molar-refractivity contribution in [2.24, 2.45) is 5.10 Å². The third kappa shape index (κ3) is 6.49. The van der Waals surface area contributed by atoms with E-state index in [4.69, 9.17) is 30.9 Å². The number of hydrazone groups is 1. The molecule has 10 nitrogen and oxygen atoms in total. The van der Waals surface area contributed by atoms with Gasteiger partial charge in [-0.2, -0.15) is 5.10 Å². The van der Waals surface area contributed by atoms with Crippen LogP contribution in [0.3, 0.4) is 0 Å². The maximum atomic E-state index is 12.8. The molecule has 44 heavy (non-hydrogen) atoms. The molecule has 226 valence electrons. The van der Waals surface area contributed by atoms with E-state index in [-0.39, 0.29) is 36.6 Å². The molecule has 0 aliphatic carbocycles. The van der Waals surface area contributed by atoms with Crippen LogP contribution in [-0.2, 0) is 14.8 Å². The second-order valence-corrected chi connectivity index (χ2v) is 12.4. The number of ether oxygens (including phenoxy) is 3. The van der Waals surface area contributed by atoms with Gasteiger partial charge in [-0.15, -0.1) is 0 Å². The number of rotatable bonds is 10.